The second-order valence-corrected chi connectivity index (χ2v) is 6.70. The summed E-state index contributed by atoms with van der Waals surface area (Å²) in [4.78, 5) is 25.1. The zero-order chi connectivity index (χ0) is 17.7. The number of fused-ring (bicyclic) bond motifs is 2. The Kier molecular flexibility index (Phi) is 3.31. The zero-order valence-corrected chi connectivity index (χ0v) is 14.1. The highest BCUT2D eigenvalue weighted by Gasteiger charge is 2.18. The number of H-pyrrole nitrogens is 2. The van der Waals surface area contributed by atoms with Crippen molar-refractivity contribution in [2.45, 2.75) is 12.8 Å². The Morgan fingerprint density at radius 1 is 1.00 bits per heavy atom. The molecule has 0 atom stereocenters. The molecule has 0 bridgehead atoms. The molecule has 0 radical (unpaired) electrons. The van der Waals surface area contributed by atoms with E-state index in [-0.39, 0.29) is 11.4 Å². The number of hydrogen-bond acceptors (Lipinski definition) is 3. The van der Waals surface area contributed by atoms with Gasteiger partial charge in [0.25, 0.3) is 5.56 Å². The van der Waals surface area contributed by atoms with Gasteiger partial charge in [0.15, 0.2) is 0 Å². The van der Waals surface area contributed by atoms with Gasteiger partial charge in [-0.2, -0.15) is 0 Å². The maximum Gasteiger partial charge on any atom is 0.259 e. The fourth-order valence-corrected chi connectivity index (χ4v) is 3.67. The van der Waals surface area contributed by atoms with Crippen LogP contribution in [-0.2, 0) is 0 Å². The lowest BCUT2D eigenvalue weighted by atomic mass is 10.1. The van der Waals surface area contributed by atoms with Crippen molar-refractivity contribution in [3.8, 4) is 11.4 Å². The molecule has 0 amide bonds. The molecule has 2 aromatic carbocycles. The number of nitrogens with zero attached hydrogens (tertiary/aromatic N) is 2. The molecule has 1 fully saturated rings. The summed E-state index contributed by atoms with van der Waals surface area (Å²) < 4.78 is 14.6. The molecule has 2 aromatic heterocycles. The summed E-state index contributed by atoms with van der Waals surface area (Å²) in [6.45, 7) is 1.70. The highest BCUT2D eigenvalue weighted by atomic mass is 19.1. The number of aromatic amines is 2. The monoisotopic (exact) mass is 348 g/mol. The van der Waals surface area contributed by atoms with Crippen molar-refractivity contribution in [2.75, 3.05) is 18.0 Å². The van der Waals surface area contributed by atoms with Gasteiger partial charge in [0.05, 0.1) is 27.8 Å². The van der Waals surface area contributed by atoms with Crippen LogP contribution in [0.1, 0.15) is 12.8 Å². The van der Waals surface area contributed by atoms with Crippen LogP contribution in [0.5, 0.6) is 0 Å². The summed E-state index contributed by atoms with van der Waals surface area (Å²) in [6, 6.07) is 12.5. The number of aromatic nitrogens is 3. The molecule has 6 heteroatoms. The normalized spacial score (nSPS) is 14.6. The lowest BCUT2D eigenvalue weighted by Gasteiger charge is -2.19. The van der Waals surface area contributed by atoms with Gasteiger partial charge in [-0.3, -0.25) is 4.79 Å². The van der Waals surface area contributed by atoms with Gasteiger partial charge in [0, 0.05) is 18.5 Å². The molecular weight excluding hydrogens is 331 g/mol. The predicted octanol–water partition coefficient (Wildman–Crippen LogP) is 3.81. The quantitative estimate of drug-likeness (QED) is 0.579. The second-order valence-electron chi connectivity index (χ2n) is 6.70. The maximum absolute atomic E-state index is 14.6. The molecule has 4 aromatic rings. The van der Waals surface area contributed by atoms with Crippen LogP contribution in [0.15, 0.2) is 47.3 Å². The van der Waals surface area contributed by atoms with Gasteiger partial charge >= 0.3 is 0 Å². The molecule has 3 heterocycles. The molecule has 0 aliphatic carbocycles. The smallest absolute Gasteiger partial charge is 0.259 e. The van der Waals surface area contributed by atoms with E-state index in [1.54, 1.807) is 12.1 Å². The molecule has 5 nitrogen and oxygen atoms in total. The largest absolute Gasteiger partial charge is 0.369 e. The number of rotatable bonds is 2. The molecule has 0 saturated carbocycles. The van der Waals surface area contributed by atoms with Crippen LogP contribution >= 0.6 is 0 Å². The van der Waals surface area contributed by atoms with Crippen molar-refractivity contribution >= 4 is 27.6 Å². The molecule has 130 valence electrons. The van der Waals surface area contributed by atoms with Gasteiger partial charge in [-0.25, -0.2) is 9.37 Å². The molecule has 26 heavy (non-hydrogen) atoms. The van der Waals surface area contributed by atoms with Crippen LogP contribution in [0.4, 0.5) is 10.1 Å². The standard InChI is InChI=1S/C20H17FN4O/c21-14-10-12-9-13(19-22-15-5-1-2-6-16(15)23-19)20(26)24-17(12)11-18(14)25-7-3-4-8-25/h1-2,5-6,9-11H,3-4,7-8H2,(H,22,23)(H,24,26). The van der Waals surface area contributed by atoms with E-state index in [9.17, 15) is 9.18 Å². The SMILES string of the molecule is O=c1[nH]c2cc(N3CCCC3)c(F)cc2cc1-c1nc2ccccc2[nH]1. The van der Waals surface area contributed by atoms with Gasteiger partial charge in [0.2, 0.25) is 0 Å². The highest BCUT2D eigenvalue weighted by molar-refractivity contribution is 5.87. The molecule has 1 aliphatic rings. The van der Waals surface area contributed by atoms with Gasteiger partial charge < -0.3 is 14.9 Å². The molecule has 1 saturated heterocycles. The molecular formula is C20H17FN4O. The van der Waals surface area contributed by atoms with Gasteiger partial charge in [-0.1, -0.05) is 12.1 Å². The zero-order valence-electron chi connectivity index (χ0n) is 14.1. The number of hydrogen-bond donors (Lipinski definition) is 2. The van der Waals surface area contributed by atoms with Crippen LogP contribution in [0.2, 0.25) is 0 Å². The lowest BCUT2D eigenvalue weighted by Crippen LogP contribution is -2.19. The van der Waals surface area contributed by atoms with Crippen LogP contribution in [-0.4, -0.2) is 28.0 Å². The second kappa shape index (κ2) is 5.69. The average Bonchev–Trinajstić information content (AvgIpc) is 3.30. The Morgan fingerprint density at radius 2 is 1.81 bits per heavy atom. The Balaban J connectivity index is 1.66. The first-order valence-electron chi connectivity index (χ1n) is 8.76. The average molecular weight is 348 g/mol. The van der Waals surface area contributed by atoms with Gasteiger partial charge in [0.1, 0.15) is 11.6 Å². The molecule has 5 rings (SSSR count). The summed E-state index contributed by atoms with van der Waals surface area (Å²) in [5.41, 5.74) is 3.01. The maximum atomic E-state index is 14.6. The van der Waals surface area contributed by atoms with E-state index in [1.165, 1.54) is 6.07 Å². The third-order valence-corrected chi connectivity index (χ3v) is 5.00. The fourth-order valence-electron chi connectivity index (χ4n) is 3.67. The van der Waals surface area contributed by atoms with E-state index in [0.717, 1.165) is 37.0 Å². The van der Waals surface area contributed by atoms with Gasteiger partial charge in [-0.05, 0) is 43.2 Å². The Hall–Kier alpha value is -3.15. The highest BCUT2D eigenvalue weighted by Crippen LogP contribution is 2.28. The van der Waals surface area contributed by atoms with E-state index in [0.29, 0.717) is 28.0 Å². The van der Waals surface area contributed by atoms with Crippen molar-refractivity contribution < 1.29 is 4.39 Å². The van der Waals surface area contributed by atoms with E-state index in [4.69, 9.17) is 0 Å². The predicted molar refractivity (Wildman–Crippen MR) is 101 cm³/mol. The Morgan fingerprint density at radius 3 is 2.62 bits per heavy atom. The number of pyridine rings is 1. The molecule has 2 N–H and O–H groups in total. The van der Waals surface area contributed by atoms with Crippen LogP contribution in [0.25, 0.3) is 33.3 Å². The number of imidazole rings is 1. The van der Waals surface area contributed by atoms with Crippen LogP contribution in [0.3, 0.4) is 0 Å². The third-order valence-electron chi connectivity index (χ3n) is 5.00. The van der Waals surface area contributed by atoms with E-state index in [1.807, 2.05) is 29.2 Å². The number of para-hydroxylation sites is 2. The molecule has 0 spiro atoms. The van der Waals surface area contributed by atoms with Crippen LogP contribution in [0, 0.1) is 5.82 Å². The Bertz CT molecular complexity index is 1150. The number of halogens is 1. The minimum atomic E-state index is -0.262. The van der Waals surface area contributed by atoms with Crippen molar-refractivity contribution in [3.63, 3.8) is 0 Å². The first-order valence-corrected chi connectivity index (χ1v) is 8.76. The third kappa shape index (κ3) is 2.37. The summed E-state index contributed by atoms with van der Waals surface area (Å²) in [7, 11) is 0. The van der Waals surface area contributed by atoms with Crippen molar-refractivity contribution in [1.82, 2.24) is 15.0 Å². The van der Waals surface area contributed by atoms with E-state index < -0.39 is 0 Å². The van der Waals surface area contributed by atoms with Crippen molar-refractivity contribution in [1.29, 1.82) is 0 Å². The summed E-state index contributed by atoms with van der Waals surface area (Å²) in [5.74, 6) is 0.223. The molecule has 0 unspecified atom stereocenters. The molecule has 1 aliphatic heterocycles. The first kappa shape index (κ1) is 15.1. The number of nitrogens with one attached hydrogen (secondary N) is 2. The Labute approximate surface area is 148 Å². The van der Waals surface area contributed by atoms with E-state index >= 15 is 0 Å². The fraction of sp³-hybridized carbons (Fsp3) is 0.200. The van der Waals surface area contributed by atoms with E-state index in [2.05, 4.69) is 15.0 Å². The summed E-state index contributed by atoms with van der Waals surface area (Å²) >= 11 is 0. The number of anilines is 1. The van der Waals surface area contributed by atoms with Gasteiger partial charge in [-0.15, -0.1) is 0 Å². The summed E-state index contributed by atoms with van der Waals surface area (Å²) in [6.07, 6.45) is 2.14. The van der Waals surface area contributed by atoms with Crippen LogP contribution < -0.4 is 10.5 Å². The van der Waals surface area contributed by atoms with Crippen molar-refractivity contribution in [2.24, 2.45) is 0 Å². The summed E-state index contributed by atoms with van der Waals surface area (Å²) in [5, 5.41) is 0.653. The first-order chi connectivity index (χ1) is 12.7. The number of benzene rings is 2. The lowest BCUT2D eigenvalue weighted by molar-refractivity contribution is 0.625. The topological polar surface area (TPSA) is 64.8 Å². The van der Waals surface area contributed by atoms with Crippen molar-refractivity contribution in [3.05, 3.63) is 58.6 Å². The minimum Gasteiger partial charge on any atom is -0.369 e. The minimum absolute atomic E-state index is 0.240.